The molecule has 1 rings (SSSR count). The zero-order valence-corrected chi connectivity index (χ0v) is 7.16. The van der Waals surface area contributed by atoms with Gasteiger partial charge in [-0.05, 0) is 26.3 Å². The summed E-state index contributed by atoms with van der Waals surface area (Å²) in [5, 5.41) is 8.97. The second-order valence-electron chi connectivity index (χ2n) is 3.04. The van der Waals surface area contributed by atoms with Crippen LogP contribution in [0.2, 0.25) is 0 Å². The van der Waals surface area contributed by atoms with Crippen molar-refractivity contribution in [2.24, 2.45) is 0 Å². The van der Waals surface area contributed by atoms with Crippen LogP contribution in [0.25, 0.3) is 0 Å². The normalized spacial score (nSPS) is 26.9. The van der Waals surface area contributed by atoms with Crippen molar-refractivity contribution in [1.82, 2.24) is 4.90 Å². The van der Waals surface area contributed by atoms with Crippen LogP contribution in [0.4, 0.5) is 0 Å². The van der Waals surface area contributed by atoms with Gasteiger partial charge in [0.15, 0.2) is 0 Å². The van der Waals surface area contributed by atoms with Crippen LogP contribution in [0.5, 0.6) is 0 Å². The van der Waals surface area contributed by atoms with Crippen LogP contribution in [-0.2, 0) is 0 Å². The van der Waals surface area contributed by atoms with Crippen molar-refractivity contribution in [3.63, 3.8) is 0 Å². The van der Waals surface area contributed by atoms with E-state index in [0.29, 0.717) is 12.6 Å². The van der Waals surface area contributed by atoms with Crippen LogP contribution >= 0.6 is 0 Å². The molecule has 0 radical (unpaired) electrons. The SMILES string of the molecule is C/C=C/CN1CCC[C@H]1CO. The first kappa shape index (κ1) is 8.75. The lowest BCUT2D eigenvalue weighted by molar-refractivity contribution is 0.170. The Balaban J connectivity index is 2.31. The first-order chi connectivity index (χ1) is 5.38. The summed E-state index contributed by atoms with van der Waals surface area (Å²) in [6.07, 6.45) is 6.61. The van der Waals surface area contributed by atoms with Gasteiger partial charge in [0.05, 0.1) is 6.61 Å². The summed E-state index contributed by atoms with van der Waals surface area (Å²) in [7, 11) is 0. The summed E-state index contributed by atoms with van der Waals surface area (Å²) in [4.78, 5) is 2.33. The van der Waals surface area contributed by atoms with Gasteiger partial charge in [-0.15, -0.1) is 0 Å². The molecule has 0 aromatic carbocycles. The number of aliphatic hydroxyl groups excluding tert-OH is 1. The molecule has 1 atom stereocenters. The highest BCUT2D eigenvalue weighted by Crippen LogP contribution is 2.15. The molecule has 11 heavy (non-hydrogen) atoms. The Bertz CT molecular complexity index is 134. The standard InChI is InChI=1S/C9H17NO/c1-2-3-6-10-7-4-5-9(10)8-11/h2-3,9,11H,4-8H2,1H3/b3-2+/t9-/m0/s1. The van der Waals surface area contributed by atoms with Crippen molar-refractivity contribution in [3.05, 3.63) is 12.2 Å². The molecule has 0 amide bonds. The number of hydrogen-bond donors (Lipinski definition) is 1. The summed E-state index contributed by atoms with van der Waals surface area (Å²) < 4.78 is 0. The maximum atomic E-state index is 8.97. The highest BCUT2D eigenvalue weighted by Gasteiger charge is 2.21. The zero-order chi connectivity index (χ0) is 8.10. The van der Waals surface area contributed by atoms with Gasteiger partial charge in [-0.2, -0.15) is 0 Å². The van der Waals surface area contributed by atoms with E-state index in [0.717, 1.165) is 19.5 Å². The topological polar surface area (TPSA) is 23.5 Å². The third kappa shape index (κ3) is 2.31. The van der Waals surface area contributed by atoms with Crippen molar-refractivity contribution in [2.45, 2.75) is 25.8 Å². The van der Waals surface area contributed by atoms with Crippen LogP contribution in [0.3, 0.4) is 0 Å². The zero-order valence-electron chi connectivity index (χ0n) is 7.16. The quantitative estimate of drug-likeness (QED) is 0.615. The highest BCUT2D eigenvalue weighted by atomic mass is 16.3. The Kier molecular flexibility index (Phi) is 3.60. The van der Waals surface area contributed by atoms with Crippen LogP contribution in [0, 0.1) is 0 Å². The van der Waals surface area contributed by atoms with E-state index in [4.69, 9.17) is 5.11 Å². The number of likely N-dealkylation sites (tertiary alicyclic amines) is 1. The van der Waals surface area contributed by atoms with Crippen molar-refractivity contribution in [3.8, 4) is 0 Å². The summed E-state index contributed by atoms with van der Waals surface area (Å²) in [5.41, 5.74) is 0. The third-order valence-electron chi connectivity index (χ3n) is 2.29. The monoisotopic (exact) mass is 155 g/mol. The van der Waals surface area contributed by atoms with E-state index in [1.807, 2.05) is 6.92 Å². The third-order valence-corrected chi connectivity index (χ3v) is 2.29. The van der Waals surface area contributed by atoms with Gasteiger partial charge < -0.3 is 5.11 Å². The van der Waals surface area contributed by atoms with Gasteiger partial charge in [0.2, 0.25) is 0 Å². The minimum Gasteiger partial charge on any atom is -0.395 e. The van der Waals surface area contributed by atoms with Crippen LogP contribution in [0.1, 0.15) is 19.8 Å². The van der Waals surface area contributed by atoms with Crippen LogP contribution in [-0.4, -0.2) is 35.7 Å². The van der Waals surface area contributed by atoms with E-state index >= 15 is 0 Å². The van der Waals surface area contributed by atoms with E-state index in [2.05, 4.69) is 17.1 Å². The largest absolute Gasteiger partial charge is 0.395 e. The van der Waals surface area contributed by atoms with Crippen LogP contribution < -0.4 is 0 Å². The second-order valence-corrected chi connectivity index (χ2v) is 3.04. The first-order valence-electron chi connectivity index (χ1n) is 4.34. The van der Waals surface area contributed by atoms with E-state index in [9.17, 15) is 0 Å². The lowest BCUT2D eigenvalue weighted by Crippen LogP contribution is -2.32. The molecule has 1 heterocycles. The van der Waals surface area contributed by atoms with Gasteiger partial charge >= 0.3 is 0 Å². The molecule has 0 bridgehead atoms. The number of rotatable bonds is 3. The van der Waals surface area contributed by atoms with E-state index in [-0.39, 0.29) is 0 Å². The number of hydrogen-bond acceptors (Lipinski definition) is 2. The molecule has 1 fully saturated rings. The molecule has 1 aliphatic rings. The molecule has 0 aliphatic carbocycles. The van der Waals surface area contributed by atoms with Gasteiger partial charge in [0, 0.05) is 12.6 Å². The summed E-state index contributed by atoms with van der Waals surface area (Å²) in [5.74, 6) is 0. The fraction of sp³-hybridized carbons (Fsp3) is 0.778. The maximum absolute atomic E-state index is 8.97. The fourth-order valence-electron chi connectivity index (χ4n) is 1.58. The lowest BCUT2D eigenvalue weighted by Gasteiger charge is -2.20. The summed E-state index contributed by atoms with van der Waals surface area (Å²) >= 11 is 0. The predicted molar refractivity (Wildman–Crippen MR) is 46.5 cm³/mol. The van der Waals surface area contributed by atoms with Gasteiger partial charge in [-0.1, -0.05) is 12.2 Å². The molecule has 0 saturated carbocycles. The molecular formula is C9H17NO. The average molecular weight is 155 g/mol. The predicted octanol–water partition coefficient (Wildman–Crippen LogP) is 1.02. The molecule has 2 nitrogen and oxygen atoms in total. The Morgan fingerprint density at radius 2 is 2.45 bits per heavy atom. The van der Waals surface area contributed by atoms with Crippen molar-refractivity contribution in [1.29, 1.82) is 0 Å². The smallest absolute Gasteiger partial charge is 0.0587 e. The second kappa shape index (κ2) is 4.52. The Morgan fingerprint density at radius 1 is 1.64 bits per heavy atom. The average Bonchev–Trinajstić information content (AvgIpc) is 2.47. The Morgan fingerprint density at radius 3 is 3.09 bits per heavy atom. The van der Waals surface area contributed by atoms with Crippen molar-refractivity contribution < 1.29 is 5.11 Å². The van der Waals surface area contributed by atoms with E-state index in [1.165, 1.54) is 6.42 Å². The van der Waals surface area contributed by atoms with Crippen molar-refractivity contribution >= 4 is 0 Å². The van der Waals surface area contributed by atoms with E-state index < -0.39 is 0 Å². The van der Waals surface area contributed by atoms with Gasteiger partial charge in [0.25, 0.3) is 0 Å². The number of aliphatic hydroxyl groups is 1. The Labute approximate surface area is 68.5 Å². The molecule has 2 heteroatoms. The van der Waals surface area contributed by atoms with Crippen molar-refractivity contribution in [2.75, 3.05) is 19.7 Å². The summed E-state index contributed by atoms with van der Waals surface area (Å²) in [6, 6.07) is 0.422. The molecule has 0 unspecified atom stereocenters. The highest BCUT2D eigenvalue weighted by molar-refractivity contribution is 4.87. The molecule has 1 saturated heterocycles. The van der Waals surface area contributed by atoms with Gasteiger partial charge in [-0.3, -0.25) is 4.90 Å². The van der Waals surface area contributed by atoms with Gasteiger partial charge in [0.1, 0.15) is 0 Å². The van der Waals surface area contributed by atoms with Gasteiger partial charge in [-0.25, -0.2) is 0 Å². The minimum atomic E-state index is 0.317. The Hall–Kier alpha value is -0.340. The number of allylic oxidation sites excluding steroid dienone is 1. The first-order valence-corrected chi connectivity index (χ1v) is 4.34. The fourth-order valence-corrected chi connectivity index (χ4v) is 1.58. The molecule has 0 aromatic rings. The molecule has 0 aromatic heterocycles. The molecule has 1 aliphatic heterocycles. The molecule has 64 valence electrons. The molecular weight excluding hydrogens is 138 g/mol. The lowest BCUT2D eigenvalue weighted by atomic mass is 10.2. The minimum absolute atomic E-state index is 0.317. The number of nitrogens with zero attached hydrogens (tertiary/aromatic N) is 1. The summed E-state index contributed by atoms with van der Waals surface area (Å²) in [6.45, 7) is 4.50. The molecule has 0 spiro atoms. The maximum Gasteiger partial charge on any atom is 0.0587 e. The van der Waals surface area contributed by atoms with E-state index in [1.54, 1.807) is 0 Å². The van der Waals surface area contributed by atoms with Crippen LogP contribution in [0.15, 0.2) is 12.2 Å². The molecule has 1 N–H and O–H groups in total.